The van der Waals surface area contributed by atoms with Crippen LogP contribution < -0.4 is 10.5 Å². The Hall–Kier alpha value is -2.57. The van der Waals surface area contributed by atoms with Crippen molar-refractivity contribution in [3.8, 4) is 11.6 Å². The van der Waals surface area contributed by atoms with E-state index in [1.807, 2.05) is 0 Å². The molecule has 0 spiro atoms. The average Bonchev–Trinajstić information content (AvgIpc) is 2.40. The van der Waals surface area contributed by atoms with Gasteiger partial charge in [0, 0.05) is 18.7 Å². The molecule has 1 aromatic heterocycles. The topological polar surface area (TPSA) is 65.2 Å². The van der Waals surface area contributed by atoms with Crippen LogP contribution in [-0.2, 0) is 5.92 Å². The standard InChI is InChI=1S/C14H11F3N2O2/c1-14(16,17)9-2-4-10(5-3-9)21-13-11(15)6-8(7-19-13)12(18)20/h2-7H,1H3,(H2,18,20). The summed E-state index contributed by atoms with van der Waals surface area (Å²) in [5.74, 6) is -4.90. The lowest BCUT2D eigenvalue weighted by Gasteiger charge is -2.11. The smallest absolute Gasteiger partial charge is 0.270 e. The second-order valence-corrected chi connectivity index (χ2v) is 4.39. The Balaban J connectivity index is 2.20. The number of hydrogen-bond acceptors (Lipinski definition) is 3. The second-order valence-electron chi connectivity index (χ2n) is 4.39. The first-order valence-electron chi connectivity index (χ1n) is 5.89. The Kier molecular flexibility index (Phi) is 3.84. The Morgan fingerprint density at radius 3 is 2.38 bits per heavy atom. The van der Waals surface area contributed by atoms with Crippen molar-refractivity contribution in [3.63, 3.8) is 0 Å². The van der Waals surface area contributed by atoms with Crippen LogP contribution >= 0.6 is 0 Å². The van der Waals surface area contributed by atoms with Gasteiger partial charge in [-0.1, -0.05) is 0 Å². The molecule has 2 N–H and O–H groups in total. The van der Waals surface area contributed by atoms with Crippen molar-refractivity contribution in [2.45, 2.75) is 12.8 Å². The quantitative estimate of drug-likeness (QED) is 0.942. The van der Waals surface area contributed by atoms with Crippen LogP contribution in [0.3, 0.4) is 0 Å². The molecule has 1 aromatic carbocycles. The highest BCUT2D eigenvalue weighted by Gasteiger charge is 2.23. The number of carbonyl (C=O) groups is 1. The van der Waals surface area contributed by atoms with Crippen molar-refractivity contribution >= 4 is 5.91 Å². The van der Waals surface area contributed by atoms with Crippen LogP contribution in [0.25, 0.3) is 0 Å². The summed E-state index contributed by atoms with van der Waals surface area (Å²) in [5.41, 5.74) is 4.70. The summed E-state index contributed by atoms with van der Waals surface area (Å²) in [6, 6.07) is 5.78. The monoisotopic (exact) mass is 296 g/mol. The molecule has 7 heteroatoms. The minimum absolute atomic E-state index is 0.0965. The lowest BCUT2D eigenvalue weighted by molar-refractivity contribution is 0.0174. The highest BCUT2D eigenvalue weighted by Crippen LogP contribution is 2.29. The first kappa shape index (κ1) is 14.8. The second kappa shape index (κ2) is 5.43. The first-order valence-corrected chi connectivity index (χ1v) is 5.89. The van der Waals surface area contributed by atoms with E-state index < -0.39 is 17.6 Å². The van der Waals surface area contributed by atoms with Gasteiger partial charge in [0.05, 0.1) is 5.56 Å². The number of hydrogen-bond donors (Lipinski definition) is 1. The number of ether oxygens (including phenoxy) is 1. The Labute approximate surface area is 118 Å². The fraction of sp³-hybridized carbons (Fsp3) is 0.143. The molecule has 0 unspecified atom stereocenters. The molecule has 0 fully saturated rings. The zero-order valence-electron chi connectivity index (χ0n) is 10.9. The maximum Gasteiger partial charge on any atom is 0.270 e. The van der Waals surface area contributed by atoms with Gasteiger partial charge < -0.3 is 10.5 Å². The van der Waals surface area contributed by atoms with E-state index in [1.165, 1.54) is 24.3 Å². The van der Waals surface area contributed by atoms with Crippen LogP contribution in [0.1, 0.15) is 22.8 Å². The van der Waals surface area contributed by atoms with Crippen molar-refractivity contribution in [3.05, 3.63) is 53.5 Å². The number of rotatable bonds is 4. The lowest BCUT2D eigenvalue weighted by atomic mass is 10.1. The number of alkyl halides is 2. The first-order chi connectivity index (χ1) is 9.77. The van der Waals surface area contributed by atoms with Gasteiger partial charge in [-0.2, -0.15) is 0 Å². The molecule has 0 atom stereocenters. The van der Waals surface area contributed by atoms with Crippen LogP contribution in [0.5, 0.6) is 11.6 Å². The molecule has 0 aliphatic carbocycles. The van der Waals surface area contributed by atoms with E-state index in [-0.39, 0.29) is 22.8 Å². The average molecular weight is 296 g/mol. The van der Waals surface area contributed by atoms with E-state index in [4.69, 9.17) is 10.5 Å². The van der Waals surface area contributed by atoms with Gasteiger partial charge in [-0.3, -0.25) is 4.79 Å². The predicted molar refractivity (Wildman–Crippen MR) is 68.8 cm³/mol. The third-order valence-electron chi connectivity index (χ3n) is 2.67. The summed E-state index contributed by atoms with van der Waals surface area (Å²) in [7, 11) is 0. The summed E-state index contributed by atoms with van der Waals surface area (Å²) in [5, 5.41) is 0. The van der Waals surface area contributed by atoms with E-state index in [0.717, 1.165) is 19.2 Å². The van der Waals surface area contributed by atoms with Gasteiger partial charge in [-0.25, -0.2) is 18.2 Å². The number of halogens is 3. The van der Waals surface area contributed by atoms with Crippen LogP contribution in [0, 0.1) is 5.82 Å². The van der Waals surface area contributed by atoms with Gasteiger partial charge in [0.2, 0.25) is 5.91 Å². The molecule has 110 valence electrons. The summed E-state index contributed by atoms with van der Waals surface area (Å²) in [6.07, 6.45) is 1.06. The lowest BCUT2D eigenvalue weighted by Crippen LogP contribution is -2.11. The highest BCUT2D eigenvalue weighted by atomic mass is 19.3. The van der Waals surface area contributed by atoms with Gasteiger partial charge in [0.25, 0.3) is 11.8 Å². The van der Waals surface area contributed by atoms with Gasteiger partial charge in [-0.05, 0) is 30.3 Å². The maximum atomic E-state index is 13.6. The number of primary amides is 1. The van der Waals surface area contributed by atoms with Crippen LogP contribution in [0.15, 0.2) is 36.5 Å². The predicted octanol–water partition coefficient (Wildman–Crippen LogP) is 3.22. The molecule has 0 saturated heterocycles. The minimum atomic E-state index is -2.97. The van der Waals surface area contributed by atoms with Gasteiger partial charge in [-0.15, -0.1) is 0 Å². The van der Waals surface area contributed by atoms with Crippen molar-refractivity contribution in [1.29, 1.82) is 0 Å². The number of nitrogens with zero attached hydrogens (tertiary/aromatic N) is 1. The molecule has 21 heavy (non-hydrogen) atoms. The number of aromatic nitrogens is 1. The molecule has 0 bridgehead atoms. The zero-order valence-corrected chi connectivity index (χ0v) is 10.9. The van der Waals surface area contributed by atoms with E-state index in [2.05, 4.69) is 4.98 Å². The molecular formula is C14H11F3N2O2. The van der Waals surface area contributed by atoms with Crippen molar-refractivity contribution < 1.29 is 22.7 Å². The minimum Gasteiger partial charge on any atom is -0.436 e. The molecule has 0 aliphatic heterocycles. The van der Waals surface area contributed by atoms with Crippen LogP contribution in [-0.4, -0.2) is 10.9 Å². The fourth-order valence-electron chi connectivity index (χ4n) is 1.56. The van der Waals surface area contributed by atoms with Crippen molar-refractivity contribution in [2.24, 2.45) is 5.73 Å². The van der Waals surface area contributed by atoms with Gasteiger partial charge in [0.15, 0.2) is 5.82 Å². The SMILES string of the molecule is CC(F)(F)c1ccc(Oc2ncc(C(N)=O)cc2F)cc1. The molecular weight excluding hydrogens is 285 g/mol. The van der Waals surface area contributed by atoms with E-state index in [1.54, 1.807) is 0 Å². The van der Waals surface area contributed by atoms with E-state index >= 15 is 0 Å². The summed E-state index contributed by atoms with van der Waals surface area (Å²) in [4.78, 5) is 14.5. The molecule has 2 rings (SSSR count). The largest absolute Gasteiger partial charge is 0.436 e. The Morgan fingerprint density at radius 1 is 1.29 bits per heavy atom. The zero-order chi connectivity index (χ0) is 15.6. The Morgan fingerprint density at radius 2 is 1.90 bits per heavy atom. The van der Waals surface area contributed by atoms with Crippen molar-refractivity contribution in [2.75, 3.05) is 0 Å². The molecule has 4 nitrogen and oxygen atoms in total. The number of pyridine rings is 1. The van der Waals surface area contributed by atoms with E-state index in [9.17, 15) is 18.0 Å². The van der Waals surface area contributed by atoms with Crippen LogP contribution in [0.2, 0.25) is 0 Å². The van der Waals surface area contributed by atoms with Crippen LogP contribution in [0.4, 0.5) is 13.2 Å². The molecule has 0 radical (unpaired) electrons. The number of amides is 1. The van der Waals surface area contributed by atoms with Gasteiger partial charge >= 0.3 is 0 Å². The maximum absolute atomic E-state index is 13.6. The van der Waals surface area contributed by atoms with Gasteiger partial charge in [0.1, 0.15) is 5.75 Å². The molecule has 1 amide bonds. The summed E-state index contributed by atoms with van der Waals surface area (Å²) >= 11 is 0. The van der Waals surface area contributed by atoms with E-state index in [0.29, 0.717) is 0 Å². The number of nitrogens with two attached hydrogens (primary N) is 1. The van der Waals surface area contributed by atoms with Crippen molar-refractivity contribution in [1.82, 2.24) is 4.98 Å². The number of benzene rings is 1. The molecule has 0 aliphatic rings. The molecule has 0 saturated carbocycles. The summed E-state index contributed by atoms with van der Waals surface area (Å²) in [6.45, 7) is 0.770. The third-order valence-corrected chi connectivity index (χ3v) is 2.67. The Bertz CT molecular complexity index is 667. The fourth-order valence-corrected chi connectivity index (χ4v) is 1.56. The third kappa shape index (κ3) is 3.50. The number of carbonyl (C=O) groups excluding carboxylic acids is 1. The highest BCUT2D eigenvalue weighted by molar-refractivity contribution is 5.92. The normalized spacial score (nSPS) is 11.2. The summed E-state index contributed by atoms with van der Waals surface area (Å²) < 4.78 is 44.9. The molecule has 1 heterocycles. The molecule has 2 aromatic rings.